The number of methoxy groups -OCH3 is 2. The molecule has 2 aliphatic heterocycles. The second kappa shape index (κ2) is 19.4. The Morgan fingerprint density at radius 3 is 1.66 bits per heavy atom. The number of hydrogen-bond donors (Lipinski definition) is 0. The van der Waals surface area contributed by atoms with Crippen molar-refractivity contribution in [3.05, 3.63) is 136 Å². The lowest BCUT2D eigenvalue weighted by Gasteiger charge is -2.32. The van der Waals surface area contributed by atoms with Crippen molar-refractivity contribution in [2.24, 2.45) is 0 Å². The van der Waals surface area contributed by atoms with Crippen molar-refractivity contribution >= 4 is 62.5 Å². The quantitative estimate of drug-likeness (QED) is 0.0749. The fourth-order valence-electron chi connectivity index (χ4n) is 9.29. The van der Waals surface area contributed by atoms with Gasteiger partial charge in [0.1, 0.15) is 39.9 Å². The average Bonchev–Trinajstić information content (AvgIpc) is 3.31. The molecule has 0 radical (unpaired) electrons. The summed E-state index contributed by atoms with van der Waals surface area (Å²) in [5.41, 5.74) is 4.27. The molecule has 1 aliphatic carbocycles. The highest BCUT2D eigenvalue weighted by Gasteiger charge is 2.38. The van der Waals surface area contributed by atoms with Crippen LogP contribution in [0.3, 0.4) is 0 Å². The predicted molar refractivity (Wildman–Crippen MR) is 271 cm³/mol. The summed E-state index contributed by atoms with van der Waals surface area (Å²) < 4.78 is 37.1. The predicted octanol–water partition coefficient (Wildman–Crippen LogP) is 13.6. The zero-order valence-corrected chi connectivity index (χ0v) is 40.9. The van der Waals surface area contributed by atoms with E-state index in [0.717, 1.165) is 64.1 Å². The average molecular weight is 916 g/mol. The van der Waals surface area contributed by atoms with E-state index in [-0.39, 0.29) is 40.4 Å². The number of ether oxygens (including phenoxy) is 6. The molecule has 0 aromatic heterocycles. The molecule has 3 aliphatic rings. The van der Waals surface area contributed by atoms with Crippen LogP contribution in [0.5, 0.6) is 28.7 Å². The second-order valence-electron chi connectivity index (χ2n) is 18.6. The summed E-state index contributed by atoms with van der Waals surface area (Å²) in [6, 6.07) is 20.0. The number of carbonyl (C=O) groups is 3. The van der Waals surface area contributed by atoms with Gasteiger partial charge in [0.2, 0.25) is 0 Å². The second-order valence-corrected chi connectivity index (χ2v) is 18.6. The van der Waals surface area contributed by atoms with Gasteiger partial charge in [0, 0.05) is 64.7 Å². The first-order chi connectivity index (χ1) is 32.6. The Labute approximate surface area is 399 Å². The smallest absolute Gasteiger partial charge is 0.415 e. The van der Waals surface area contributed by atoms with Gasteiger partial charge in [0.15, 0.2) is 18.4 Å². The fourth-order valence-corrected chi connectivity index (χ4v) is 9.29. The number of amides is 1. The van der Waals surface area contributed by atoms with Crippen molar-refractivity contribution in [3.8, 4) is 28.7 Å². The summed E-state index contributed by atoms with van der Waals surface area (Å²) in [6.45, 7) is 16.9. The Bertz CT molecular complexity index is 3010. The summed E-state index contributed by atoms with van der Waals surface area (Å²) in [7, 11) is 3.03. The molecule has 68 heavy (non-hydrogen) atoms. The van der Waals surface area contributed by atoms with Gasteiger partial charge in [-0.15, -0.1) is 0 Å². The molecule has 0 fully saturated rings. The molecule has 352 valence electrons. The number of Topliss-reactive ketones (excluding diaryl/α,β-unsaturated/α-hetero) is 2. The molecule has 2 heterocycles. The van der Waals surface area contributed by atoms with Gasteiger partial charge in [0.05, 0.1) is 7.11 Å². The summed E-state index contributed by atoms with van der Waals surface area (Å²) >= 11 is 0. The van der Waals surface area contributed by atoms with Crippen LogP contribution in [0.4, 0.5) is 4.79 Å². The van der Waals surface area contributed by atoms with Crippen molar-refractivity contribution in [3.63, 3.8) is 0 Å². The normalized spacial score (nSPS) is 18.0. The maximum atomic E-state index is 15.4. The van der Waals surface area contributed by atoms with Crippen LogP contribution in [0.25, 0.3) is 44.8 Å². The minimum Gasteiger partial charge on any atom is -0.497 e. The molecule has 1 amide bonds. The number of carbonyl (C=O) groups excluding carboxylic acids is 3. The zero-order chi connectivity index (χ0) is 48.5. The molecule has 0 N–H and O–H groups in total. The van der Waals surface area contributed by atoms with Crippen molar-refractivity contribution in [2.45, 2.75) is 92.3 Å². The summed E-state index contributed by atoms with van der Waals surface area (Å²) in [5, 5.41) is 3.11. The fraction of sp³-hybridized carbons (Fsp3) is 0.328. The molecule has 2 unspecified atom stereocenters. The first kappa shape index (κ1) is 47.6. The molecule has 0 saturated carbocycles. The van der Waals surface area contributed by atoms with Crippen LogP contribution >= 0.6 is 0 Å². The maximum absolute atomic E-state index is 15.4. The van der Waals surface area contributed by atoms with Gasteiger partial charge in [-0.25, -0.2) is 4.79 Å². The van der Waals surface area contributed by atoms with Crippen LogP contribution in [-0.2, 0) is 4.74 Å². The van der Waals surface area contributed by atoms with E-state index >= 15 is 9.59 Å². The van der Waals surface area contributed by atoms with Crippen molar-refractivity contribution in [1.29, 1.82) is 0 Å². The van der Waals surface area contributed by atoms with Gasteiger partial charge >= 0.3 is 6.09 Å². The zero-order valence-electron chi connectivity index (χ0n) is 40.9. The highest BCUT2D eigenvalue weighted by Crippen LogP contribution is 2.49. The van der Waals surface area contributed by atoms with Crippen LogP contribution in [0, 0.1) is 0 Å². The Balaban J connectivity index is 1.37. The molecule has 2 atom stereocenters. The largest absolute Gasteiger partial charge is 0.497 e. The number of fused-ring (bicyclic) bond motifs is 7. The molecule has 0 bridgehead atoms. The third-order valence-corrected chi connectivity index (χ3v) is 13.0. The number of ketones is 2. The van der Waals surface area contributed by atoms with E-state index in [9.17, 15) is 4.79 Å². The molecule has 5 aromatic rings. The minimum atomic E-state index is -0.594. The van der Waals surface area contributed by atoms with Gasteiger partial charge in [-0.2, -0.15) is 0 Å². The van der Waals surface area contributed by atoms with E-state index in [2.05, 4.69) is 78.0 Å². The van der Waals surface area contributed by atoms with Gasteiger partial charge in [-0.1, -0.05) is 47.6 Å². The molecule has 0 spiro atoms. The first-order valence-electron chi connectivity index (χ1n) is 23.5. The van der Waals surface area contributed by atoms with Crippen molar-refractivity contribution < 1.29 is 42.8 Å². The number of allylic oxidation sites excluding steroid dienone is 6. The highest BCUT2D eigenvalue weighted by atomic mass is 16.7. The number of nitrogens with zero attached hydrogens (tertiary/aromatic N) is 1. The van der Waals surface area contributed by atoms with Crippen LogP contribution in [-0.4, -0.2) is 67.9 Å². The standard InChI is InChI=1S/C58H61NO9/c1-11-59(12-2)56(62)66-51-33-44-38(18-22-49-41(44)24-28-58(8,68-49)26-14-16-36(5)6)30-47(51)53-52(55(61)45-31-39(64-10)19-20-42(45)54(53)60)46-29-37-17-21-48-40(43(37)32-50(46)65-34-63-9)23-27-57(7,67-48)25-13-15-35(3)4/h15-24,27-33H,11-14,25-26,34H2,1-10H3. The van der Waals surface area contributed by atoms with Gasteiger partial charge in [-0.3, -0.25) is 9.59 Å². The van der Waals surface area contributed by atoms with E-state index in [1.165, 1.54) is 25.4 Å². The maximum Gasteiger partial charge on any atom is 0.415 e. The minimum absolute atomic E-state index is 0.0585. The summed E-state index contributed by atoms with van der Waals surface area (Å²) in [6.07, 6.45) is 15.5. The molecule has 10 heteroatoms. The molecular formula is C58H61NO9. The van der Waals surface area contributed by atoms with E-state index in [4.69, 9.17) is 28.4 Å². The third kappa shape index (κ3) is 9.34. The van der Waals surface area contributed by atoms with Crippen molar-refractivity contribution in [2.75, 3.05) is 34.1 Å². The van der Waals surface area contributed by atoms with E-state index in [0.29, 0.717) is 35.9 Å². The Morgan fingerprint density at radius 2 is 1.16 bits per heavy atom. The lowest BCUT2D eigenvalue weighted by atomic mass is 9.77. The Kier molecular flexibility index (Phi) is 13.5. The van der Waals surface area contributed by atoms with Crippen molar-refractivity contribution in [1.82, 2.24) is 4.90 Å². The van der Waals surface area contributed by atoms with Crippen LogP contribution in [0.1, 0.15) is 124 Å². The number of hydrogen-bond acceptors (Lipinski definition) is 9. The van der Waals surface area contributed by atoms with E-state index < -0.39 is 28.9 Å². The molecule has 0 saturated heterocycles. The first-order valence-corrected chi connectivity index (χ1v) is 23.5. The van der Waals surface area contributed by atoms with Gasteiger partial charge in [0.25, 0.3) is 0 Å². The van der Waals surface area contributed by atoms with E-state index in [1.54, 1.807) is 29.2 Å². The monoisotopic (exact) mass is 915 g/mol. The van der Waals surface area contributed by atoms with Gasteiger partial charge in [-0.05, 0) is 169 Å². The Hall–Kier alpha value is -6.91. The topological polar surface area (TPSA) is 110 Å². The summed E-state index contributed by atoms with van der Waals surface area (Å²) in [4.78, 5) is 46.4. The van der Waals surface area contributed by atoms with Gasteiger partial charge < -0.3 is 33.3 Å². The summed E-state index contributed by atoms with van der Waals surface area (Å²) in [5.74, 6) is 1.39. The lowest BCUT2D eigenvalue weighted by Crippen LogP contribution is -2.33. The third-order valence-electron chi connectivity index (χ3n) is 13.0. The Morgan fingerprint density at radius 1 is 0.647 bits per heavy atom. The van der Waals surface area contributed by atoms with Crippen LogP contribution in [0.15, 0.2) is 102 Å². The molecule has 5 aromatic carbocycles. The number of benzene rings is 5. The van der Waals surface area contributed by atoms with Crippen LogP contribution in [0.2, 0.25) is 0 Å². The number of rotatable bonds is 15. The van der Waals surface area contributed by atoms with Crippen LogP contribution < -0.4 is 23.7 Å². The molecule has 10 nitrogen and oxygen atoms in total. The lowest BCUT2D eigenvalue weighted by molar-refractivity contribution is 0.0510. The SMILES string of the molecule is CCN(CC)C(=O)Oc1cc2c3c(ccc2cc1C1=C(c2cc4ccc5c(c4cc2OCOC)C=CC(C)(CCC=C(C)C)O5)C(=O)c2cc(OC)ccc2C1=O)OC(C)(CCC=C(C)C)C=C3. The molecular weight excluding hydrogens is 855 g/mol. The van der Waals surface area contributed by atoms with E-state index in [1.807, 2.05) is 56.3 Å². The highest BCUT2D eigenvalue weighted by molar-refractivity contribution is 6.52. The molecule has 8 rings (SSSR count).